The van der Waals surface area contributed by atoms with Gasteiger partial charge in [-0.1, -0.05) is 0 Å². The number of carbonyl (C=O) groups is 2. The van der Waals surface area contributed by atoms with Crippen LogP contribution >= 0.6 is 0 Å². The van der Waals surface area contributed by atoms with Gasteiger partial charge >= 0.3 is 0 Å². The second-order valence-electron chi connectivity index (χ2n) is 7.23. The third kappa shape index (κ3) is 4.51. The van der Waals surface area contributed by atoms with Crippen LogP contribution < -0.4 is 10.2 Å². The topological polar surface area (TPSA) is 105 Å². The van der Waals surface area contributed by atoms with Crippen LogP contribution in [0.15, 0.2) is 35.2 Å². The third-order valence-electron chi connectivity index (χ3n) is 4.92. The minimum absolute atomic E-state index is 0.120. The normalized spacial score (nSPS) is 17.4. The number of halogens is 1. The Hall–Kier alpha value is -2.79. The zero-order valence-corrected chi connectivity index (χ0v) is 17.8. The van der Waals surface area contributed by atoms with E-state index in [1.54, 1.807) is 22.7 Å². The van der Waals surface area contributed by atoms with Crippen molar-refractivity contribution in [1.29, 1.82) is 0 Å². The molecule has 3 rings (SSSR count). The number of aryl methyl sites for hydroxylation is 2. The number of amides is 2. The Morgan fingerprint density at radius 1 is 1.33 bits per heavy atom. The van der Waals surface area contributed by atoms with Crippen LogP contribution in [0.3, 0.4) is 0 Å². The van der Waals surface area contributed by atoms with E-state index >= 15 is 0 Å². The molecule has 0 saturated carbocycles. The number of rotatable bonds is 6. The maximum Gasteiger partial charge on any atom is 0.250 e. The maximum atomic E-state index is 13.0. The Morgan fingerprint density at radius 2 is 2.00 bits per heavy atom. The summed E-state index contributed by atoms with van der Waals surface area (Å²) in [5.41, 5.74) is 0.777. The monoisotopic (exact) mass is 437 g/mol. The van der Waals surface area contributed by atoms with Gasteiger partial charge in [-0.2, -0.15) is 9.40 Å². The Morgan fingerprint density at radius 3 is 2.60 bits per heavy atom. The Balaban J connectivity index is 1.65. The molecule has 1 aromatic carbocycles. The van der Waals surface area contributed by atoms with Crippen LogP contribution in [0.25, 0.3) is 0 Å². The fourth-order valence-electron chi connectivity index (χ4n) is 3.40. The van der Waals surface area contributed by atoms with Crippen LogP contribution in [0.2, 0.25) is 0 Å². The number of hydrogen-bond acceptors (Lipinski definition) is 5. The first-order valence-electron chi connectivity index (χ1n) is 9.43. The van der Waals surface area contributed by atoms with E-state index in [4.69, 9.17) is 0 Å². The molecule has 1 saturated heterocycles. The largest absolute Gasteiger partial charge is 0.343 e. The summed E-state index contributed by atoms with van der Waals surface area (Å²) in [6.07, 6.45) is 1.15. The number of nitrogens with one attached hydrogen (secondary N) is 1. The lowest BCUT2D eigenvalue weighted by atomic mass is 10.0. The zero-order valence-electron chi connectivity index (χ0n) is 17.0. The lowest BCUT2D eigenvalue weighted by Crippen LogP contribution is -2.54. The average molecular weight is 437 g/mol. The van der Waals surface area contributed by atoms with Gasteiger partial charge in [0.1, 0.15) is 17.7 Å². The maximum absolute atomic E-state index is 13.0. The molecule has 0 radical (unpaired) electrons. The molecule has 2 aromatic rings. The van der Waals surface area contributed by atoms with Gasteiger partial charge in [-0.15, -0.1) is 0 Å². The number of anilines is 1. The summed E-state index contributed by atoms with van der Waals surface area (Å²) in [5, 5.41) is 6.88. The van der Waals surface area contributed by atoms with Gasteiger partial charge in [0.05, 0.1) is 17.1 Å². The Bertz CT molecular complexity index is 1050. The van der Waals surface area contributed by atoms with E-state index in [0.717, 1.165) is 34.3 Å². The van der Waals surface area contributed by atoms with Crippen LogP contribution in [0.5, 0.6) is 0 Å². The lowest BCUT2D eigenvalue weighted by Gasteiger charge is -2.32. The van der Waals surface area contributed by atoms with Crippen molar-refractivity contribution in [3.05, 3.63) is 41.8 Å². The van der Waals surface area contributed by atoms with E-state index in [2.05, 4.69) is 10.4 Å². The van der Waals surface area contributed by atoms with Crippen molar-refractivity contribution < 1.29 is 22.4 Å². The Labute approximate surface area is 174 Å². The molecular formula is C19H24FN5O4S. The first-order chi connectivity index (χ1) is 14.1. The predicted octanol–water partition coefficient (Wildman–Crippen LogP) is 0.800. The molecule has 11 heteroatoms. The van der Waals surface area contributed by atoms with Gasteiger partial charge in [-0.25, -0.2) is 12.8 Å². The number of sulfonamides is 1. The number of likely N-dealkylation sites (N-methyl/N-ethyl adjacent to an activating group) is 1. The van der Waals surface area contributed by atoms with E-state index < -0.39 is 34.3 Å². The summed E-state index contributed by atoms with van der Waals surface area (Å²) in [6.45, 7) is 1.88. The van der Waals surface area contributed by atoms with Gasteiger partial charge in [0.2, 0.25) is 15.9 Å². The molecule has 9 nitrogen and oxygen atoms in total. The van der Waals surface area contributed by atoms with E-state index in [-0.39, 0.29) is 10.8 Å². The van der Waals surface area contributed by atoms with E-state index in [1.807, 2.05) is 6.92 Å². The van der Waals surface area contributed by atoms with Crippen molar-refractivity contribution in [2.75, 3.05) is 25.0 Å². The van der Waals surface area contributed by atoms with E-state index in [0.29, 0.717) is 25.2 Å². The molecule has 1 fully saturated rings. The first-order valence-corrected chi connectivity index (χ1v) is 10.9. The van der Waals surface area contributed by atoms with Gasteiger partial charge in [-0.3, -0.25) is 19.2 Å². The number of benzene rings is 1. The van der Waals surface area contributed by atoms with Gasteiger partial charge in [0, 0.05) is 26.7 Å². The quantitative estimate of drug-likeness (QED) is 0.720. The average Bonchev–Trinajstić information content (AvgIpc) is 3.01. The molecule has 162 valence electrons. The van der Waals surface area contributed by atoms with Gasteiger partial charge in [0.15, 0.2) is 0 Å². The molecule has 2 amide bonds. The van der Waals surface area contributed by atoms with Crippen molar-refractivity contribution >= 4 is 27.7 Å². The molecule has 2 heterocycles. The highest BCUT2D eigenvalue weighted by Crippen LogP contribution is 2.22. The number of carbonyl (C=O) groups excluding carboxylic acids is 2. The summed E-state index contributed by atoms with van der Waals surface area (Å²) in [4.78, 5) is 26.8. The standard InChI is InChI=1S/C19H24FN5O4S/c1-13-11-18(24(3)22-13)25-10-4-5-16(19(25)27)21-17(26)12-23(2)30(28,29)15-8-6-14(20)7-9-15/h6-9,11,16H,4-5,10,12H2,1-3H3,(H,21,26)/t16-/m0/s1. The second kappa shape index (κ2) is 8.52. The van der Waals surface area contributed by atoms with Gasteiger partial charge in [0.25, 0.3) is 5.91 Å². The van der Waals surface area contributed by atoms with Crippen LogP contribution in [0, 0.1) is 12.7 Å². The van der Waals surface area contributed by atoms with Crippen molar-refractivity contribution in [2.24, 2.45) is 7.05 Å². The first kappa shape index (κ1) is 21.9. The SMILES string of the molecule is Cc1cc(N2CCC[C@H](NC(=O)CN(C)S(=O)(=O)c3ccc(F)cc3)C2=O)n(C)n1. The molecule has 0 spiro atoms. The van der Waals surface area contributed by atoms with E-state index in [9.17, 15) is 22.4 Å². The van der Waals surface area contributed by atoms with E-state index in [1.165, 1.54) is 7.05 Å². The van der Waals surface area contributed by atoms with Crippen molar-refractivity contribution in [2.45, 2.75) is 30.7 Å². The smallest absolute Gasteiger partial charge is 0.250 e. The predicted molar refractivity (Wildman–Crippen MR) is 108 cm³/mol. The molecule has 30 heavy (non-hydrogen) atoms. The molecule has 1 aliphatic heterocycles. The molecule has 0 bridgehead atoms. The summed E-state index contributed by atoms with van der Waals surface area (Å²) >= 11 is 0. The summed E-state index contributed by atoms with van der Waals surface area (Å²) in [5.74, 6) is -0.767. The second-order valence-corrected chi connectivity index (χ2v) is 9.28. The van der Waals surface area contributed by atoms with Crippen molar-refractivity contribution in [1.82, 2.24) is 19.4 Å². The van der Waals surface area contributed by atoms with Crippen molar-refractivity contribution in [3.8, 4) is 0 Å². The number of nitrogens with zero attached hydrogens (tertiary/aromatic N) is 4. The van der Waals surface area contributed by atoms with Crippen LogP contribution in [0.4, 0.5) is 10.2 Å². The minimum Gasteiger partial charge on any atom is -0.343 e. The highest BCUT2D eigenvalue weighted by Gasteiger charge is 2.33. The fraction of sp³-hybridized carbons (Fsp3) is 0.421. The van der Waals surface area contributed by atoms with Crippen LogP contribution in [-0.2, 0) is 26.7 Å². The number of aromatic nitrogens is 2. The third-order valence-corrected chi connectivity index (χ3v) is 6.73. The van der Waals surface area contributed by atoms with Crippen LogP contribution in [0.1, 0.15) is 18.5 Å². The molecular weight excluding hydrogens is 413 g/mol. The molecule has 0 unspecified atom stereocenters. The molecule has 0 aliphatic carbocycles. The lowest BCUT2D eigenvalue weighted by molar-refractivity contribution is -0.128. The summed E-state index contributed by atoms with van der Waals surface area (Å²) in [7, 11) is -0.964. The fourth-order valence-corrected chi connectivity index (χ4v) is 4.53. The highest BCUT2D eigenvalue weighted by atomic mass is 32.2. The van der Waals surface area contributed by atoms with Crippen molar-refractivity contribution in [3.63, 3.8) is 0 Å². The van der Waals surface area contributed by atoms with Gasteiger partial charge in [-0.05, 0) is 44.0 Å². The number of piperidine rings is 1. The van der Waals surface area contributed by atoms with Gasteiger partial charge < -0.3 is 5.32 Å². The Kier molecular flexibility index (Phi) is 6.22. The number of hydrogen-bond donors (Lipinski definition) is 1. The highest BCUT2D eigenvalue weighted by molar-refractivity contribution is 7.89. The summed E-state index contributed by atoms with van der Waals surface area (Å²) in [6, 6.07) is 5.40. The minimum atomic E-state index is -3.96. The molecule has 1 aromatic heterocycles. The molecule has 1 N–H and O–H groups in total. The molecule has 1 atom stereocenters. The summed E-state index contributed by atoms with van der Waals surface area (Å²) < 4.78 is 40.6. The van der Waals surface area contributed by atoms with Crippen LogP contribution in [-0.4, -0.2) is 60.5 Å². The molecule has 1 aliphatic rings. The zero-order chi connectivity index (χ0) is 22.1.